The van der Waals surface area contributed by atoms with E-state index in [1.54, 1.807) is 0 Å². The number of rotatable bonds is 6. The summed E-state index contributed by atoms with van der Waals surface area (Å²) in [5.41, 5.74) is 0. The van der Waals surface area contributed by atoms with E-state index < -0.39 is 22.0 Å². The van der Waals surface area contributed by atoms with Crippen molar-refractivity contribution in [2.24, 2.45) is 0 Å². The SMILES string of the molecule is C=CCOCC(O)CS(=O)(=O)[O-].[K+]. The fourth-order valence-corrected chi connectivity index (χ4v) is 1.14. The molecule has 0 aromatic carbocycles. The Labute approximate surface area is 120 Å². The van der Waals surface area contributed by atoms with E-state index in [4.69, 9.17) is 9.84 Å². The van der Waals surface area contributed by atoms with Gasteiger partial charge in [0, 0.05) is 0 Å². The van der Waals surface area contributed by atoms with Crippen LogP contribution in [0.3, 0.4) is 0 Å². The molecule has 0 amide bonds. The van der Waals surface area contributed by atoms with Crippen molar-refractivity contribution in [3.05, 3.63) is 12.7 Å². The molecule has 7 heteroatoms. The Hall–Kier alpha value is 1.21. The quantitative estimate of drug-likeness (QED) is 0.220. The molecule has 1 N–H and O–H groups in total. The number of aliphatic hydroxyl groups excluding tert-OH is 1. The van der Waals surface area contributed by atoms with Gasteiger partial charge in [-0.05, 0) is 0 Å². The molecule has 0 spiro atoms. The van der Waals surface area contributed by atoms with Gasteiger partial charge in [0.05, 0.1) is 35.2 Å². The largest absolute Gasteiger partial charge is 1.00 e. The maximum absolute atomic E-state index is 10.1. The zero-order valence-electron chi connectivity index (χ0n) is 7.47. The van der Waals surface area contributed by atoms with Crippen molar-refractivity contribution in [1.82, 2.24) is 0 Å². The number of hydrogen-bond donors (Lipinski definition) is 1. The molecular weight excluding hydrogens is 223 g/mol. The van der Waals surface area contributed by atoms with Gasteiger partial charge in [-0.2, -0.15) is 0 Å². The van der Waals surface area contributed by atoms with Gasteiger partial charge >= 0.3 is 51.4 Å². The van der Waals surface area contributed by atoms with Crippen LogP contribution in [0.1, 0.15) is 0 Å². The minimum atomic E-state index is -4.37. The third-order valence-electron chi connectivity index (χ3n) is 0.942. The molecule has 0 rings (SSSR count). The summed E-state index contributed by atoms with van der Waals surface area (Å²) >= 11 is 0. The van der Waals surface area contributed by atoms with Gasteiger partial charge in [-0.3, -0.25) is 0 Å². The first-order chi connectivity index (χ1) is 5.45. The molecule has 0 saturated carbocycles. The van der Waals surface area contributed by atoms with Crippen molar-refractivity contribution in [2.45, 2.75) is 6.10 Å². The minimum absolute atomic E-state index is 0. The molecule has 0 radical (unpaired) electrons. The van der Waals surface area contributed by atoms with Gasteiger partial charge in [0.1, 0.15) is 0 Å². The second kappa shape index (κ2) is 8.51. The smallest absolute Gasteiger partial charge is 0.748 e. The van der Waals surface area contributed by atoms with Crippen molar-refractivity contribution in [3.63, 3.8) is 0 Å². The van der Waals surface area contributed by atoms with E-state index >= 15 is 0 Å². The normalized spacial score (nSPS) is 13.1. The average Bonchev–Trinajstić information content (AvgIpc) is 1.84. The molecule has 0 saturated heterocycles. The fraction of sp³-hybridized carbons (Fsp3) is 0.667. The summed E-state index contributed by atoms with van der Waals surface area (Å²) in [6, 6.07) is 0. The minimum Gasteiger partial charge on any atom is -0.748 e. The topological polar surface area (TPSA) is 86.7 Å². The Morgan fingerprint density at radius 3 is 2.54 bits per heavy atom. The number of aliphatic hydroxyl groups is 1. The monoisotopic (exact) mass is 234 g/mol. The maximum atomic E-state index is 10.1. The molecule has 0 aromatic heterocycles. The van der Waals surface area contributed by atoms with Crippen LogP contribution < -0.4 is 51.4 Å². The Morgan fingerprint density at radius 2 is 2.15 bits per heavy atom. The standard InChI is InChI=1S/C6H12O5S.K/c1-2-3-11-4-6(7)5-12(8,9)10;/h2,6-7H,1,3-5H2,(H,8,9,10);/q;+1/p-1. The summed E-state index contributed by atoms with van der Waals surface area (Å²) in [4.78, 5) is 0. The van der Waals surface area contributed by atoms with Crippen LogP contribution in [0.15, 0.2) is 12.7 Å². The van der Waals surface area contributed by atoms with Crippen molar-refractivity contribution in [1.29, 1.82) is 0 Å². The molecule has 0 fully saturated rings. The van der Waals surface area contributed by atoms with Gasteiger partial charge in [-0.15, -0.1) is 6.58 Å². The van der Waals surface area contributed by atoms with E-state index in [-0.39, 0.29) is 64.6 Å². The van der Waals surface area contributed by atoms with Gasteiger partial charge in [-0.1, -0.05) is 6.08 Å². The molecular formula is C6H11KO5S. The maximum Gasteiger partial charge on any atom is 1.00 e. The molecule has 72 valence electrons. The Balaban J connectivity index is 0. The molecule has 0 aliphatic rings. The van der Waals surface area contributed by atoms with Gasteiger partial charge in [0.25, 0.3) is 0 Å². The molecule has 5 nitrogen and oxygen atoms in total. The van der Waals surface area contributed by atoms with E-state index in [2.05, 4.69) is 6.58 Å². The second-order valence-corrected chi connectivity index (χ2v) is 3.65. The molecule has 0 aliphatic carbocycles. The molecule has 1 atom stereocenters. The zero-order valence-corrected chi connectivity index (χ0v) is 11.4. The first kappa shape index (κ1) is 16.6. The van der Waals surface area contributed by atoms with E-state index in [0.29, 0.717) is 0 Å². The second-order valence-electron chi connectivity index (χ2n) is 2.20. The fourth-order valence-electron chi connectivity index (χ4n) is 0.571. The summed E-state index contributed by atoms with van der Waals surface area (Å²) in [5.74, 6) is -0.815. The summed E-state index contributed by atoms with van der Waals surface area (Å²) in [5, 5.41) is 8.87. The van der Waals surface area contributed by atoms with Gasteiger partial charge in [0.2, 0.25) is 0 Å². The molecule has 13 heavy (non-hydrogen) atoms. The first-order valence-electron chi connectivity index (χ1n) is 3.26. The van der Waals surface area contributed by atoms with Crippen molar-refractivity contribution >= 4 is 10.1 Å². The summed E-state index contributed by atoms with van der Waals surface area (Å²) < 4.78 is 35.0. The molecule has 0 aromatic rings. The van der Waals surface area contributed by atoms with Crippen molar-refractivity contribution in [3.8, 4) is 0 Å². The van der Waals surface area contributed by atoms with Crippen molar-refractivity contribution < 1.29 is 74.2 Å². The average molecular weight is 234 g/mol. The van der Waals surface area contributed by atoms with Crippen LogP contribution in [-0.2, 0) is 14.9 Å². The molecule has 0 heterocycles. The Morgan fingerprint density at radius 1 is 1.62 bits per heavy atom. The third-order valence-corrected chi connectivity index (χ3v) is 1.74. The van der Waals surface area contributed by atoms with E-state index in [0.717, 1.165) is 0 Å². The van der Waals surface area contributed by atoms with E-state index in [9.17, 15) is 13.0 Å². The van der Waals surface area contributed by atoms with Crippen LogP contribution in [0.4, 0.5) is 0 Å². The molecule has 0 bridgehead atoms. The molecule has 1 unspecified atom stereocenters. The van der Waals surface area contributed by atoms with Crippen LogP contribution >= 0.6 is 0 Å². The predicted molar refractivity (Wildman–Crippen MR) is 41.6 cm³/mol. The first-order valence-corrected chi connectivity index (χ1v) is 4.83. The van der Waals surface area contributed by atoms with Crippen LogP contribution in [-0.4, -0.2) is 43.1 Å². The summed E-state index contributed by atoms with van der Waals surface area (Å²) in [7, 11) is -4.37. The van der Waals surface area contributed by atoms with Crippen LogP contribution in [0.25, 0.3) is 0 Å². The van der Waals surface area contributed by atoms with E-state index in [1.165, 1.54) is 6.08 Å². The third kappa shape index (κ3) is 13.2. The molecule has 0 aliphatic heterocycles. The zero-order chi connectivity index (χ0) is 9.61. The van der Waals surface area contributed by atoms with Gasteiger partial charge < -0.3 is 14.4 Å². The van der Waals surface area contributed by atoms with Crippen LogP contribution in [0, 0.1) is 0 Å². The van der Waals surface area contributed by atoms with E-state index in [1.807, 2.05) is 0 Å². The summed E-state index contributed by atoms with van der Waals surface area (Å²) in [6.45, 7) is 3.39. The summed E-state index contributed by atoms with van der Waals surface area (Å²) in [6.07, 6.45) is 0.200. The Kier molecular flexibility index (Phi) is 10.9. The Bertz CT molecular complexity index is 225. The number of ether oxygens (including phenoxy) is 1. The van der Waals surface area contributed by atoms with Gasteiger partial charge in [-0.25, -0.2) is 8.42 Å². The van der Waals surface area contributed by atoms with Crippen molar-refractivity contribution in [2.75, 3.05) is 19.0 Å². The van der Waals surface area contributed by atoms with Crippen LogP contribution in [0.5, 0.6) is 0 Å². The predicted octanol–water partition coefficient (Wildman–Crippen LogP) is -3.90. The van der Waals surface area contributed by atoms with Gasteiger partial charge in [0.15, 0.2) is 0 Å². The number of hydrogen-bond acceptors (Lipinski definition) is 5. The van der Waals surface area contributed by atoms with Crippen LogP contribution in [0.2, 0.25) is 0 Å².